The van der Waals surface area contributed by atoms with Gasteiger partial charge in [-0.05, 0) is 44.4 Å². The van der Waals surface area contributed by atoms with Crippen LogP contribution >= 0.6 is 11.6 Å². The highest BCUT2D eigenvalue weighted by molar-refractivity contribution is 6.20. The molecular formula is C15H25ClN2O2. The van der Waals surface area contributed by atoms with Crippen molar-refractivity contribution in [3.05, 3.63) is 0 Å². The fraction of sp³-hybridized carbons (Fsp3) is 0.933. The summed E-state index contributed by atoms with van der Waals surface area (Å²) < 4.78 is 5.50. The molecule has 3 N–H and O–H groups in total. The molecule has 6 unspecified atom stereocenters. The van der Waals surface area contributed by atoms with Crippen molar-refractivity contribution in [1.82, 2.24) is 0 Å². The van der Waals surface area contributed by atoms with E-state index >= 15 is 0 Å². The molecule has 0 aromatic heterocycles. The van der Waals surface area contributed by atoms with Gasteiger partial charge >= 0.3 is 0 Å². The van der Waals surface area contributed by atoms with Crippen LogP contribution in [0.4, 0.5) is 0 Å². The molecule has 1 heterocycles. The van der Waals surface area contributed by atoms with E-state index < -0.39 is 5.60 Å². The van der Waals surface area contributed by atoms with Gasteiger partial charge in [0, 0.05) is 18.4 Å². The minimum Gasteiger partial charge on any atom is -0.385 e. The number of methoxy groups -OCH3 is 1. The lowest BCUT2D eigenvalue weighted by atomic mass is 9.65. The van der Waals surface area contributed by atoms with Gasteiger partial charge in [-0.2, -0.15) is 0 Å². The largest absolute Gasteiger partial charge is 0.385 e. The van der Waals surface area contributed by atoms with E-state index in [0.717, 1.165) is 44.9 Å². The van der Waals surface area contributed by atoms with Crippen LogP contribution in [0.1, 0.15) is 44.9 Å². The maximum Gasteiger partial charge on any atom is 0.129 e. The fourth-order valence-corrected chi connectivity index (χ4v) is 4.79. The third-order valence-electron chi connectivity index (χ3n) is 5.61. The van der Waals surface area contributed by atoms with Crippen LogP contribution in [0, 0.1) is 11.8 Å². The SMILES string of the molecule is COC1CCCC(C2(O)C(N)=NC3CCC(Cl)CC32)C1. The van der Waals surface area contributed by atoms with E-state index in [9.17, 15) is 5.11 Å². The molecule has 0 radical (unpaired) electrons. The number of alkyl halides is 1. The number of ether oxygens (including phenoxy) is 1. The van der Waals surface area contributed by atoms with Gasteiger partial charge in [0.05, 0.1) is 12.1 Å². The molecule has 2 aliphatic carbocycles. The quantitative estimate of drug-likeness (QED) is 0.767. The molecule has 5 heteroatoms. The summed E-state index contributed by atoms with van der Waals surface area (Å²) in [4.78, 5) is 4.57. The van der Waals surface area contributed by atoms with Crippen molar-refractivity contribution in [2.75, 3.05) is 7.11 Å². The molecule has 20 heavy (non-hydrogen) atoms. The van der Waals surface area contributed by atoms with Crippen LogP contribution in [-0.4, -0.2) is 41.2 Å². The number of aliphatic hydroxyl groups is 1. The molecule has 0 aromatic carbocycles. The number of halogens is 1. The monoisotopic (exact) mass is 300 g/mol. The Kier molecular flexibility index (Phi) is 3.99. The van der Waals surface area contributed by atoms with Crippen LogP contribution in [0.15, 0.2) is 4.99 Å². The topological polar surface area (TPSA) is 67.8 Å². The molecule has 6 atom stereocenters. The molecule has 0 spiro atoms. The Morgan fingerprint density at radius 3 is 2.85 bits per heavy atom. The van der Waals surface area contributed by atoms with E-state index in [1.165, 1.54) is 0 Å². The van der Waals surface area contributed by atoms with Crippen molar-refractivity contribution < 1.29 is 9.84 Å². The molecule has 0 bridgehead atoms. The zero-order chi connectivity index (χ0) is 14.3. The van der Waals surface area contributed by atoms with Crippen LogP contribution in [0.3, 0.4) is 0 Å². The normalized spacial score (nSPS) is 48.8. The van der Waals surface area contributed by atoms with Crippen LogP contribution in [0.5, 0.6) is 0 Å². The highest BCUT2D eigenvalue weighted by atomic mass is 35.5. The lowest BCUT2D eigenvalue weighted by Crippen LogP contribution is -2.56. The third kappa shape index (κ3) is 2.26. The van der Waals surface area contributed by atoms with E-state index in [-0.39, 0.29) is 29.4 Å². The Hall–Kier alpha value is -0.320. The maximum atomic E-state index is 11.3. The smallest absolute Gasteiger partial charge is 0.129 e. The maximum absolute atomic E-state index is 11.3. The highest BCUT2D eigenvalue weighted by Crippen LogP contribution is 2.48. The van der Waals surface area contributed by atoms with Crippen LogP contribution in [0.25, 0.3) is 0 Å². The van der Waals surface area contributed by atoms with Crippen molar-refractivity contribution in [3.63, 3.8) is 0 Å². The second-order valence-electron chi connectivity index (χ2n) is 6.65. The summed E-state index contributed by atoms with van der Waals surface area (Å²) in [6.07, 6.45) is 7.01. The Balaban J connectivity index is 1.83. The standard InChI is InChI=1S/C15H25ClN2O2/c1-20-11-4-2-3-9(7-11)15(19)12-8-10(16)5-6-13(12)18-14(15)17/h9-13,19H,2-8H2,1H3,(H2,17,18). The van der Waals surface area contributed by atoms with Gasteiger partial charge < -0.3 is 15.6 Å². The summed E-state index contributed by atoms with van der Waals surface area (Å²) in [7, 11) is 1.75. The molecule has 1 aliphatic heterocycles. The van der Waals surface area contributed by atoms with Crippen molar-refractivity contribution in [2.24, 2.45) is 22.6 Å². The lowest BCUT2D eigenvalue weighted by Gasteiger charge is -2.44. The predicted molar refractivity (Wildman–Crippen MR) is 80.1 cm³/mol. The number of rotatable bonds is 2. The molecule has 2 saturated carbocycles. The molecule has 3 rings (SSSR count). The van der Waals surface area contributed by atoms with Crippen molar-refractivity contribution in [2.45, 2.75) is 68.1 Å². The van der Waals surface area contributed by atoms with Crippen molar-refractivity contribution in [1.29, 1.82) is 0 Å². The summed E-state index contributed by atoms with van der Waals surface area (Å²) in [5.41, 5.74) is 5.19. The van der Waals surface area contributed by atoms with E-state index in [1.54, 1.807) is 7.11 Å². The zero-order valence-corrected chi connectivity index (χ0v) is 12.9. The first kappa shape index (κ1) is 14.6. The van der Waals surface area contributed by atoms with Gasteiger partial charge in [0.1, 0.15) is 11.4 Å². The molecule has 3 aliphatic rings. The Morgan fingerprint density at radius 1 is 1.30 bits per heavy atom. The second kappa shape index (κ2) is 5.47. The number of aliphatic imine (C=N–C) groups is 1. The Labute approximate surface area is 125 Å². The van der Waals surface area contributed by atoms with Gasteiger partial charge in [-0.1, -0.05) is 6.42 Å². The van der Waals surface area contributed by atoms with Crippen molar-refractivity contribution >= 4 is 17.4 Å². The van der Waals surface area contributed by atoms with Gasteiger partial charge in [-0.25, -0.2) is 0 Å². The first-order valence-corrected chi connectivity index (χ1v) is 8.22. The highest BCUT2D eigenvalue weighted by Gasteiger charge is 2.56. The number of hydrogen-bond acceptors (Lipinski definition) is 4. The molecule has 2 fully saturated rings. The third-order valence-corrected chi connectivity index (χ3v) is 6.01. The molecular weight excluding hydrogens is 276 g/mol. The van der Waals surface area contributed by atoms with Gasteiger partial charge in [-0.15, -0.1) is 11.6 Å². The molecule has 4 nitrogen and oxygen atoms in total. The van der Waals surface area contributed by atoms with E-state index in [4.69, 9.17) is 22.1 Å². The molecule has 0 amide bonds. The van der Waals surface area contributed by atoms with Gasteiger partial charge in [-0.3, -0.25) is 4.99 Å². The van der Waals surface area contributed by atoms with E-state index in [2.05, 4.69) is 4.99 Å². The Bertz CT molecular complexity index is 403. The number of hydrogen-bond donors (Lipinski definition) is 2. The lowest BCUT2D eigenvalue weighted by molar-refractivity contribution is -0.0571. The second-order valence-corrected chi connectivity index (χ2v) is 7.26. The summed E-state index contributed by atoms with van der Waals surface area (Å²) in [5.74, 6) is 0.696. The minimum atomic E-state index is -0.963. The van der Waals surface area contributed by atoms with Gasteiger partial charge in [0.2, 0.25) is 0 Å². The van der Waals surface area contributed by atoms with Crippen molar-refractivity contribution in [3.8, 4) is 0 Å². The number of fused-ring (bicyclic) bond motifs is 1. The first-order chi connectivity index (χ1) is 9.55. The zero-order valence-electron chi connectivity index (χ0n) is 12.1. The Morgan fingerprint density at radius 2 is 2.10 bits per heavy atom. The summed E-state index contributed by atoms with van der Waals surface area (Å²) in [5, 5.41) is 11.5. The van der Waals surface area contributed by atoms with Gasteiger partial charge in [0.25, 0.3) is 0 Å². The number of nitrogens with zero attached hydrogens (tertiary/aromatic N) is 1. The predicted octanol–water partition coefficient (Wildman–Crippen LogP) is 2.07. The molecule has 0 saturated heterocycles. The molecule has 0 aromatic rings. The van der Waals surface area contributed by atoms with Gasteiger partial charge in [0.15, 0.2) is 0 Å². The van der Waals surface area contributed by atoms with Crippen LogP contribution in [0.2, 0.25) is 0 Å². The molecule has 114 valence electrons. The minimum absolute atomic E-state index is 0.0966. The summed E-state index contributed by atoms with van der Waals surface area (Å²) in [6.45, 7) is 0. The number of nitrogens with two attached hydrogens (primary N) is 1. The fourth-order valence-electron chi connectivity index (χ4n) is 4.47. The van der Waals surface area contributed by atoms with Crippen LogP contribution in [-0.2, 0) is 4.74 Å². The average molecular weight is 301 g/mol. The average Bonchev–Trinajstić information content (AvgIpc) is 2.72. The first-order valence-electron chi connectivity index (χ1n) is 7.78. The summed E-state index contributed by atoms with van der Waals surface area (Å²) >= 11 is 6.33. The number of amidine groups is 1. The summed E-state index contributed by atoms with van der Waals surface area (Å²) in [6, 6.07) is 0.165. The van der Waals surface area contributed by atoms with E-state index in [0.29, 0.717) is 5.84 Å². The van der Waals surface area contributed by atoms with Crippen LogP contribution < -0.4 is 5.73 Å². The van der Waals surface area contributed by atoms with E-state index in [1.807, 2.05) is 0 Å².